The quantitative estimate of drug-likeness (QED) is 0.629. The molecular weight excluding hydrogens is 480 g/mol. The van der Waals surface area contributed by atoms with Gasteiger partial charge in [0.05, 0.1) is 28.8 Å². The molecule has 36 heavy (non-hydrogen) atoms. The van der Waals surface area contributed by atoms with Gasteiger partial charge in [0.2, 0.25) is 0 Å². The minimum atomic E-state index is -4.01. The number of carbonyl (C=O) groups is 1. The predicted octanol–water partition coefficient (Wildman–Crippen LogP) is 3.81. The summed E-state index contributed by atoms with van der Waals surface area (Å²) in [5, 5.41) is 12.0. The number of nitriles is 1. The van der Waals surface area contributed by atoms with Gasteiger partial charge < -0.3 is 14.4 Å². The molecular formula is C26H30N4O5S. The Morgan fingerprint density at radius 1 is 1.22 bits per heavy atom. The minimum absolute atomic E-state index is 0.0204. The molecule has 2 saturated carbocycles. The minimum Gasteiger partial charge on any atom is -0.485 e. The summed E-state index contributed by atoms with van der Waals surface area (Å²) in [7, 11) is -0.223. The van der Waals surface area contributed by atoms with E-state index in [0.29, 0.717) is 35.5 Å². The lowest BCUT2D eigenvalue weighted by Gasteiger charge is -2.36. The van der Waals surface area contributed by atoms with Gasteiger partial charge in [-0.1, -0.05) is 6.07 Å². The normalized spacial score (nSPS) is 24.7. The fourth-order valence-electron chi connectivity index (χ4n) is 5.59. The Morgan fingerprint density at radius 3 is 2.75 bits per heavy atom. The van der Waals surface area contributed by atoms with E-state index in [1.165, 1.54) is 22.9 Å². The van der Waals surface area contributed by atoms with Crippen LogP contribution in [0.3, 0.4) is 0 Å². The third-order valence-corrected chi connectivity index (χ3v) is 8.96. The van der Waals surface area contributed by atoms with E-state index in [2.05, 4.69) is 5.32 Å². The number of hydrogen-bond acceptors (Lipinski definition) is 7. The van der Waals surface area contributed by atoms with Crippen LogP contribution in [0.4, 0.5) is 16.2 Å². The van der Waals surface area contributed by atoms with E-state index in [4.69, 9.17) is 9.47 Å². The first-order valence-corrected chi connectivity index (χ1v) is 13.6. The molecule has 0 spiro atoms. The average Bonchev–Trinajstić information content (AvgIpc) is 3.46. The van der Waals surface area contributed by atoms with Crippen LogP contribution in [-0.2, 0) is 14.8 Å². The Labute approximate surface area is 211 Å². The van der Waals surface area contributed by atoms with Crippen molar-refractivity contribution in [1.82, 2.24) is 4.90 Å². The Bertz CT molecular complexity index is 1310. The van der Waals surface area contributed by atoms with E-state index < -0.39 is 22.2 Å². The highest BCUT2D eigenvalue weighted by Gasteiger charge is 2.42. The molecule has 0 aromatic heterocycles. The van der Waals surface area contributed by atoms with Crippen molar-refractivity contribution in [3.05, 3.63) is 48.0 Å². The lowest BCUT2D eigenvalue weighted by molar-refractivity contribution is 0.0755. The molecule has 4 atom stereocenters. The van der Waals surface area contributed by atoms with Crippen molar-refractivity contribution in [2.24, 2.45) is 11.8 Å². The third kappa shape index (κ3) is 4.86. The summed E-state index contributed by atoms with van der Waals surface area (Å²) < 4.78 is 40.5. The first kappa shape index (κ1) is 24.4. The van der Waals surface area contributed by atoms with E-state index in [1.807, 2.05) is 25.1 Å². The fourth-order valence-corrected chi connectivity index (χ4v) is 7.13. The van der Waals surface area contributed by atoms with E-state index in [-0.39, 0.29) is 23.1 Å². The van der Waals surface area contributed by atoms with Gasteiger partial charge in [-0.3, -0.25) is 9.62 Å². The number of hydrogen-bond donors (Lipinski definition) is 1. The van der Waals surface area contributed by atoms with Gasteiger partial charge in [0.1, 0.15) is 18.0 Å². The van der Waals surface area contributed by atoms with Crippen LogP contribution in [0, 0.1) is 23.2 Å². The molecule has 0 saturated heterocycles. The van der Waals surface area contributed by atoms with Crippen LogP contribution in [0.25, 0.3) is 0 Å². The monoisotopic (exact) mass is 510 g/mol. The maximum Gasteiger partial charge on any atom is 0.411 e. The Kier molecular flexibility index (Phi) is 6.53. The Balaban J connectivity index is 1.42. The van der Waals surface area contributed by atoms with Gasteiger partial charge in [-0.05, 0) is 88.0 Å². The zero-order valence-corrected chi connectivity index (χ0v) is 21.2. The van der Waals surface area contributed by atoms with E-state index >= 15 is 0 Å². The lowest BCUT2D eigenvalue weighted by Crippen LogP contribution is -2.47. The highest BCUT2D eigenvalue weighted by Crippen LogP contribution is 2.46. The summed E-state index contributed by atoms with van der Waals surface area (Å²) in [5.41, 5.74) is 1.00. The number of nitrogens with one attached hydrogen (secondary N) is 1. The van der Waals surface area contributed by atoms with Gasteiger partial charge >= 0.3 is 6.09 Å². The summed E-state index contributed by atoms with van der Waals surface area (Å²) in [4.78, 5) is 14.6. The molecule has 5 rings (SSSR count). The lowest BCUT2D eigenvalue weighted by atomic mass is 9.98. The summed E-state index contributed by atoms with van der Waals surface area (Å²) >= 11 is 0. The van der Waals surface area contributed by atoms with Gasteiger partial charge in [0, 0.05) is 12.2 Å². The molecule has 190 valence electrons. The second-order valence-corrected chi connectivity index (χ2v) is 12.0. The van der Waals surface area contributed by atoms with Crippen LogP contribution in [0.2, 0.25) is 0 Å². The molecule has 2 fully saturated rings. The molecule has 10 heteroatoms. The van der Waals surface area contributed by atoms with Crippen LogP contribution in [-0.4, -0.2) is 58.8 Å². The van der Waals surface area contributed by atoms with Crippen LogP contribution in [0.1, 0.15) is 31.2 Å². The van der Waals surface area contributed by atoms with Crippen molar-refractivity contribution in [3.63, 3.8) is 0 Å². The molecule has 1 heterocycles. The Morgan fingerprint density at radius 2 is 2.06 bits per heavy atom. The molecule has 9 nitrogen and oxygen atoms in total. The van der Waals surface area contributed by atoms with Crippen molar-refractivity contribution in [2.45, 2.75) is 42.8 Å². The largest absolute Gasteiger partial charge is 0.485 e. The molecule has 3 aliphatic rings. The highest BCUT2D eigenvalue weighted by atomic mass is 32.2. The van der Waals surface area contributed by atoms with Crippen molar-refractivity contribution >= 4 is 27.5 Å². The average molecular weight is 511 g/mol. The summed E-state index contributed by atoms with van der Waals surface area (Å²) in [6.45, 7) is 0.600. The van der Waals surface area contributed by atoms with Gasteiger partial charge in [0.15, 0.2) is 0 Å². The van der Waals surface area contributed by atoms with Crippen molar-refractivity contribution < 1.29 is 22.7 Å². The molecule has 1 N–H and O–H groups in total. The standard InChI is InChI=1S/C26H30N4O5S/c1-29(2)15-21-16-30(36(32,33)22-5-3-4-18(11-22)14-27)23-13-20(8-9-24(23)34-21)28-26(31)35-25-12-17-6-7-19(25)10-17/h3-5,8-9,11,13,17,19,21,25H,6-7,10,12,15-16H2,1-2H3,(H,28,31)/t17-,19+,21+,25?/m1/s1. The Hall–Kier alpha value is -3.29. The molecule has 1 amide bonds. The molecule has 2 aliphatic carbocycles. The molecule has 2 aromatic rings. The molecule has 1 unspecified atom stereocenters. The molecule has 2 bridgehead atoms. The molecule has 2 aromatic carbocycles. The third-order valence-electron chi connectivity index (χ3n) is 7.19. The highest BCUT2D eigenvalue weighted by molar-refractivity contribution is 7.92. The smallest absolute Gasteiger partial charge is 0.411 e. The SMILES string of the molecule is CN(C)C[C@H]1CN(S(=O)(=O)c2cccc(C#N)c2)c2cc(NC(=O)OC3C[C@@H]4CC[C@H]3C4)ccc2O1. The fraction of sp³-hybridized carbons (Fsp3) is 0.462. The predicted molar refractivity (Wildman–Crippen MR) is 134 cm³/mol. The first-order chi connectivity index (χ1) is 17.2. The zero-order valence-electron chi connectivity index (χ0n) is 20.4. The number of anilines is 2. The zero-order chi connectivity index (χ0) is 25.4. The van der Waals surface area contributed by atoms with E-state index in [1.54, 1.807) is 30.3 Å². The number of ether oxygens (including phenoxy) is 2. The number of rotatable bonds is 6. The van der Waals surface area contributed by atoms with Gasteiger partial charge in [0.25, 0.3) is 10.0 Å². The summed E-state index contributed by atoms with van der Waals surface area (Å²) in [6.07, 6.45) is 3.37. The van der Waals surface area contributed by atoms with Crippen molar-refractivity contribution in [3.8, 4) is 11.8 Å². The van der Waals surface area contributed by atoms with Gasteiger partial charge in [-0.25, -0.2) is 13.2 Å². The van der Waals surface area contributed by atoms with E-state index in [0.717, 1.165) is 19.3 Å². The topological polar surface area (TPSA) is 112 Å². The first-order valence-electron chi connectivity index (χ1n) is 12.2. The van der Waals surface area contributed by atoms with Gasteiger partial charge in [-0.15, -0.1) is 0 Å². The van der Waals surface area contributed by atoms with E-state index in [9.17, 15) is 18.5 Å². The maximum absolute atomic E-state index is 13.7. The second kappa shape index (κ2) is 9.64. The molecule has 0 radical (unpaired) electrons. The van der Waals surface area contributed by atoms with Crippen LogP contribution < -0.4 is 14.4 Å². The number of benzene rings is 2. The molecule has 1 aliphatic heterocycles. The van der Waals surface area contributed by atoms with Crippen molar-refractivity contribution in [2.75, 3.05) is 36.8 Å². The van der Waals surface area contributed by atoms with Crippen LogP contribution >= 0.6 is 0 Å². The number of likely N-dealkylation sites (N-methyl/N-ethyl adjacent to an activating group) is 1. The van der Waals surface area contributed by atoms with Crippen LogP contribution in [0.5, 0.6) is 5.75 Å². The van der Waals surface area contributed by atoms with Gasteiger partial charge in [-0.2, -0.15) is 5.26 Å². The maximum atomic E-state index is 13.7. The second-order valence-electron chi connectivity index (χ2n) is 10.1. The number of carbonyl (C=O) groups excluding carboxylic acids is 1. The summed E-state index contributed by atoms with van der Waals surface area (Å²) in [6, 6.07) is 12.9. The number of nitrogens with zero attached hydrogens (tertiary/aromatic N) is 3. The van der Waals surface area contributed by atoms with Crippen molar-refractivity contribution in [1.29, 1.82) is 5.26 Å². The number of fused-ring (bicyclic) bond motifs is 3. The number of amides is 1. The number of sulfonamides is 1. The summed E-state index contributed by atoms with van der Waals surface area (Å²) in [5.74, 6) is 1.50. The van der Waals surface area contributed by atoms with Crippen LogP contribution in [0.15, 0.2) is 47.4 Å².